The third-order valence-corrected chi connectivity index (χ3v) is 6.41. The number of anilines is 1. The number of ether oxygens (including phenoxy) is 3. The molecule has 0 bridgehead atoms. The average Bonchev–Trinajstić information content (AvgIpc) is 2.83. The highest BCUT2D eigenvalue weighted by Gasteiger charge is 2.41. The number of Topliss-reactive ketones (excluding diaryl/α,β-unsaturated/α-hetero) is 1. The maximum Gasteiger partial charge on any atom is 0.271 e. The second-order valence-corrected chi connectivity index (χ2v) is 8.31. The summed E-state index contributed by atoms with van der Waals surface area (Å²) in [5.41, 5.74) is 2.92. The highest BCUT2D eigenvalue weighted by Crippen LogP contribution is 2.47. The van der Waals surface area contributed by atoms with Gasteiger partial charge < -0.3 is 14.2 Å². The summed E-state index contributed by atoms with van der Waals surface area (Å²) < 4.78 is 16.4. The Hall–Kier alpha value is -3.88. The van der Waals surface area contributed by atoms with Crippen LogP contribution in [0.2, 0.25) is 0 Å². The average molecular weight is 466 g/mol. The van der Waals surface area contributed by atoms with Gasteiger partial charge in [-0.1, -0.05) is 6.07 Å². The molecule has 34 heavy (non-hydrogen) atoms. The van der Waals surface area contributed by atoms with Crippen molar-refractivity contribution >= 4 is 23.1 Å². The summed E-state index contributed by atoms with van der Waals surface area (Å²) in [5, 5.41) is 11.4. The largest absolute Gasteiger partial charge is 0.493 e. The molecular weight excluding hydrogens is 440 g/mol. The Morgan fingerprint density at radius 3 is 2.26 bits per heavy atom. The number of allylic oxidation sites excluding steroid dienone is 2. The molecule has 1 atom stereocenters. The van der Waals surface area contributed by atoms with Crippen LogP contribution in [0.5, 0.6) is 17.2 Å². The topological polar surface area (TPSA) is 108 Å². The first-order valence-electron chi connectivity index (χ1n) is 10.9. The SMILES string of the molecule is COc1cc(C2CC(=O)N(c3cc([N+](=O)[O-])ccc3C)C3=C2C(=O)CCC3)cc(OC)c1OC. The van der Waals surface area contributed by atoms with Crippen LogP contribution in [0.4, 0.5) is 11.4 Å². The van der Waals surface area contributed by atoms with Gasteiger partial charge in [0.2, 0.25) is 11.7 Å². The van der Waals surface area contributed by atoms with Crippen LogP contribution in [0, 0.1) is 17.0 Å². The number of hydrogen-bond donors (Lipinski definition) is 0. The highest BCUT2D eigenvalue weighted by molar-refractivity contribution is 6.08. The minimum absolute atomic E-state index is 0.0272. The molecule has 0 N–H and O–H groups in total. The minimum atomic E-state index is -0.489. The van der Waals surface area contributed by atoms with E-state index in [2.05, 4.69) is 0 Å². The number of nitro groups is 1. The van der Waals surface area contributed by atoms with Crippen LogP contribution >= 0.6 is 0 Å². The number of carbonyl (C=O) groups excluding carboxylic acids is 2. The monoisotopic (exact) mass is 466 g/mol. The van der Waals surface area contributed by atoms with E-state index in [9.17, 15) is 19.7 Å². The van der Waals surface area contributed by atoms with Crippen molar-refractivity contribution < 1.29 is 28.7 Å². The smallest absolute Gasteiger partial charge is 0.271 e. The number of carbonyl (C=O) groups is 2. The molecule has 0 radical (unpaired) electrons. The number of nitrogens with zero attached hydrogens (tertiary/aromatic N) is 2. The molecule has 9 heteroatoms. The quantitative estimate of drug-likeness (QED) is 0.457. The molecule has 0 aromatic heterocycles. The number of amides is 1. The van der Waals surface area contributed by atoms with Crippen LogP contribution in [-0.4, -0.2) is 37.9 Å². The molecule has 1 unspecified atom stereocenters. The number of non-ortho nitro benzene ring substituents is 1. The zero-order valence-electron chi connectivity index (χ0n) is 19.5. The number of rotatable bonds is 6. The van der Waals surface area contributed by atoms with Gasteiger partial charge in [-0.05, 0) is 43.0 Å². The van der Waals surface area contributed by atoms with Crippen molar-refractivity contribution in [2.75, 3.05) is 26.2 Å². The maximum absolute atomic E-state index is 13.5. The van der Waals surface area contributed by atoms with Crippen molar-refractivity contribution in [3.05, 3.63) is 62.8 Å². The molecule has 178 valence electrons. The molecule has 0 saturated carbocycles. The predicted molar refractivity (Wildman–Crippen MR) is 125 cm³/mol. The Morgan fingerprint density at radius 1 is 1.00 bits per heavy atom. The number of ketones is 1. The zero-order valence-corrected chi connectivity index (χ0v) is 19.5. The Kier molecular flexibility index (Phi) is 6.28. The Bertz CT molecular complexity index is 1190. The van der Waals surface area contributed by atoms with Gasteiger partial charge in [0, 0.05) is 42.2 Å². The second kappa shape index (κ2) is 9.17. The molecule has 0 spiro atoms. The third kappa shape index (κ3) is 3.87. The number of benzene rings is 2. The standard InChI is InChI=1S/C25H26N2O7/c1-14-8-9-16(27(30)31)12-19(14)26-18-6-5-7-20(28)24(18)17(13-23(26)29)15-10-21(32-2)25(34-4)22(11-15)33-3/h8-12,17H,5-7,13H2,1-4H3. The van der Waals surface area contributed by atoms with Crippen molar-refractivity contribution in [1.82, 2.24) is 0 Å². The lowest BCUT2D eigenvalue weighted by Gasteiger charge is -2.39. The van der Waals surface area contributed by atoms with E-state index in [-0.39, 0.29) is 23.8 Å². The lowest BCUT2D eigenvalue weighted by atomic mass is 9.77. The van der Waals surface area contributed by atoms with E-state index >= 15 is 0 Å². The zero-order chi connectivity index (χ0) is 24.6. The summed E-state index contributed by atoms with van der Waals surface area (Å²) in [6.45, 7) is 1.79. The van der Waals surface area contributed by atoms with Gasteiger partial charge in [0.25, 0.3) is 5.69 Å². The number of nitro benzene ring substituents is 1. The summed E-state index contributed by atoms with van der Waals surface area (Å²) in [6.07, 6.45) is 1.55. The normalized spacial score (nSPS) is 18.0. The summed E-state index contributed by atoms with van der Waals surface area (Å²) in [7, 11) is 4.53. The fourth-order valence-corrected chi connectivity index (χ4v) is 4.81. The molecule has 0 fully saturated rings. The summed E-state index contributed by atoms with van der Waals surface area (Å²) in [4.78, 5) is 39.1. The molecule has 2 aromatic carbocycles. The molecule has 1 aliphatic carbocycles. The Balaban J connectivity index is 1.90. The van der Waals surface area contributed by atoms with E-state index in [0.717, 1.165) is 5.56 Å². The maximum atomic E-state index is 13.5. The molecule has 0 saturated heterocycles. The van der Waals surface area contributed by atoms with E-state index in [4.69, 9.17) is 14.2 Å². The van der Waals surface area contributed by atoms with Gasteiger partial charge in [0.15, 0.2) is 17.3 Å². The Morgan fingerprint density at radius 2 is 1.68 bits per heavy atom. The highest BCUT2D eigenvalue weighted by atomic mass is 16.6. The predicted octanol–water partition coefficient (Wildman–Crippen LogP) is 4.46. The van der Waals surface area contributed by atoms with E-state index in [1.54, 1.807) is 25.1 Å². The van der Waals surface area contributed by atoms with E-state index < -0.39 is 10.8 Å². The van der Waals surface area contributed by atoms with E-state index in [1.807, 2.05) is 0 Å². The van der Waals surface area contributed by atoms with Gasteiger partial charge in [-0.15, -0.1) is 0 Å². The molecule has 1 aliphatic heterocycles. The van der Waals surface area contributed by atoms with Gasteiger partial charge in [-0.2, -0.15) is 0 Å². The van der Waals surface area contributed by atoms with Crippen LogP contribution in [0.25, 0.3) is 0 Å². The number of methoxy groups -OCH3 is 3. The Labute approximate surface area is 197 Å². The van der Waals surface area contributed by atoms with Crippen LogP contribution < -0.4 is 19.1 Å². The van der Waals surface area contributed by atoms with Crippen molar-refractivity contribution in [2.45, 2.75) is 38.5 Å². The fourth-order valence-electron chi connectivity index (χ4n) is 4.81. The van der Waals surface area contributed by atoms with Gasteiger partial charge in [0.1, 0.15) is 0 Å². The molecule has 2 aliphatic rings. The number of hydrogen-bond acceptors (Lipinski definition) is 7. The first-order chi connectivity index (χ1) is 16.3. The van der Waals surface area contributed by atoms with Crippen LogP contribution in [0.15, 0.2) is 41.6 Å². The van der Waals surface area contributed by atoms with E-state index in [0.29, 0.717) is 59.0 Å². The first-order valence-corrected chi connectivity index (χ1v) is 10.9. The molecule has 1 heterocycles. The van der Waals surface area contributed by atoms with Crippen molar-refractivity contribution in [1.29, 1.82) is 0 Å². The third-order valence-electron chi connectivity index (χ3n) is 6.41. The summed E-state index contributed by atoms with van der Waals surface area (Å²) in [5.74, 6) is 0.558. The molecule has 2 aromatic rings. The van der Waals surface area contributed by atoms with Crippen molar-refractivity contribution in [2.24, 2.45) is 0 Å². The van der Waals surface area contributed by atoms with Crippen molar-refractivity contribution in [3.63, 3.8) is 0 Å². The summed E-state index contributed by atoms with van der Waals surface area (Å²) >= 11 is 0. The molecule has 1 amide bonds. The molecule has 9 nitrogen and oxygen atoms in total. The van der Waals surface area contributed by atoms with Crippen molar-refractivity contribution in [3.8, 4) is 17.2 Å². The van der Waals surface area contributed by atoms with Crippen LogP contribution in [0.3, 0.4) is 0 Å². The minimum Gasteiger partial charge on any atom is -0.493 e. The first kappa shape index (κ1) is 23.3. The fraction of sp³-hybridized carbons (Fsp3) is 0.360. The van der Waals surface area contributed by atoms with Crippen LogP contribution in [0.1, 0.15) is 42.7 Å². The lowest BCUT2D eigenvalue weighted by Crippen LogP contribution is -2.41. The van der Waals surface area contributed by atoms with Gasteiger partial charge in [-0.3, -0.25) is 24.6 Å². The second-order valence-electron chi connectivity index (χ2n) is 8.31. The number of aryl methyl sites for hydroxylation is 1. The lowest BCUT2D eigenvalue weighted by molar-refractivity contribution is -0.384. The van der Waals surface area contributed by atoms with E-state index in [1.165, 1.54) is 38.4 Å². The van der Waals surface area contributed by atoms with Crippen LogP contribution in [-0.2, 0) is 9.59 Å². The van der Waals surface area contributed by atoms with Gasteiger partial charge in [-0.25, -0.2) is 0 Å². The molecular formula is C25H26N2O7. The summed E-state index contributed by atoms with van der Waals surface area (Å²) in [6, 6.07) is 7.96. The van der Waals surface area contributed by atoms with Gasteiger partial charge in [0.05, 0.1) is 31.9 Å². The van der Waals surface area contributed by atoms with Gasteiger partial charge >= 0.3 is 0 Å². The molecule has 4 rings (SSSR count).